The van der Waals surface area contributed by atoms with Crippen molar-refractivity contribution < 1.29 is 4.92 Å². The first kappa shape index (κ1) is 13.2. The molecule has 0 spiro atoms. The van der Waals surface area contributed by atoms with Crippen LogP contribution in [0.3, 0.4) is 0 Å². The van der Waals surface area contributed by atoms with Crippen molar-refractivity contribution >= 4 is 23.3 Å². The summed E-state index contributed by atoms with van der Waals surface area (Å²) < 4.78 is 1.76. The van der Waals surface area contributed by atoms with Gasteiger partial charge >= 0.3 is 0 Å². The zero-order valence-electron chi connectivity index (χ0n) is 10.2. The molecule has 0 aliphatic rings. The second-order valence-corrected chi connectivity index (χ2v) is 4.63. The summed E-state index contributed by atoms with van der Waals surface area (Å²) in [5, 5.41) is 19.7. The molecule has 10 heteroatoms. The van der Waals surface area contributed by atoms with E-state index < -0.39 is 4.92 Å². The van der Waals surface area contributed by atoms with Gasteiger partial charge < -0.3 is 9.99 Å². The van der Waals surface area contributed by atoms with Crippen LogP contribution < -0.4 is 11.3 Å². The second-order valence-electron chi connectivity index (χ2n) is 3.64. The molecule has 19 heavy (non-hydrogen) atoms. The van der Waals surface area contributed by atoms with Gasteiger partial charge in [-0.05, 0) is 18.7 Å². The van der Waals surface area contributed by atoms with Crippen molar-refractivity contribution in [3.8, 4) is 0 Å². The summed E-state index contributed by atoms with van der Waals surface area (Å²) in [7, 11) is 1.80. The summed E-state index contributed by atoms with van der Waals surface area (Å²) in [6.07, 6.45) is 0. The minimum absolute atomic E-state index is 0.0932. The molecule has 0 saturated carbocycles. The third-order valence-electron chi connectivity index (χ3n) is 2.39. The first-order valence-electron chi connectivity index (χ1n) is 5.18. The summed E-state index contributed by atoms with van der Waals surface area (Å²) in [5.74, 6) is 6.20. The van der Waals surface area contributed by atoms with Gasteiger partial charge in [-0.25, -0.2) is 10.8 Å². The van der Waals surface area contributed by atoms with E-state index in [-0.39, 0.29) is 11.5 Å². The summed E-state index contributed by atoms with van der Waals surface area (Å²) in [6, 6.07) is 2.61. The molecule has 0 saturated heterocycles. The predicted octanol–water partition coefficient (Wildman–Crippen LogP) is 0.864. The first-order chi connectivity index (χ1) is 9.01. The van der Waals surface area contributed by atoms with E-state index in [9.17, 15) is 10.1 Å². The van der Waals surface area contributed by atoms with Gasteiger partial charge in [0.25, 0.3) is 5.69 Å². The van der Waals surface area contributed by atoms with E-state index in [1.54, 1.807) is 11.6 Å². The molecule has 100 valence electrons. The fourth-order valence-electron chi connectivity index (χ4n) is 1.29. The molecular formula is C9H11N7O2S. The van der Waals surface area contributed by atoms with Crippen LogP contribution in [0.2, 0.25) is 0 Å². The summed E-state index contributed by atoms with van der Waals surface area (Å²) >= 11 is 1.17. The molecule has 2 aromatic rings. The highest BCUT2D eigenvalue weighted by Gasteiger charge is 2.14. The maximum atomic E-state index is 10.8. The number of nitrogens with one attached hydrogen (secondary N) is 1. The zero-order valence-corrected chi connectivity index (χ0v) is 11.0. The van der Waals surface area contributed by atoms with Crippen molar-refractivity contribution in [3.63, 3.8) is 0 Å². The van der Waals surface area contributed by atoms with Gasteiger partial charge in [0.1, 0.15) is 16.7 Å². The lowest BCUT2D eigenvalue weighted by atomic mass is 10.4. The van der Waals surface area contributed by atoms with Crippen molar-refractivity contribution in [1.82, 2.24) is 19.7 Å². The molecule has 2 heterocycles. The molecule has 0 amide bonds. The molecule has 2 rings (SSSR count). The summed E-state index contributed by atoms with van der Waals surface area (Å²) in [5.41, 5.74) is 2.20. The minimum Gasteiger partial charge on any atom is -0.309 e. The van der Waals surface area contributed by atoms with E-state index in [1.807, 2.05) is 6.92 Å². The van der Waals surface area contributed by atoms with Crippen molar-refractivity contribution in [2.45, 2.75) is 17.1 Å². The van der Waals surface area contributed by atoms with E-state index >= 15 is 0 Å². The van der Waals surface area contributed by atoms with Crippen molar-refractivity contribution in [1.29, 1.82) is 0 Å². The van der Waals surface area contributed by atoms with Crippen LogP contribution in [0.4, 0.5) is 11.5 Å². The number of hydrogen-bond acceptors (Lipinski definition) is 8. The highest BCUT2D eigenvalue weighted by atomic mass is 32.2. The van der Waals surface area contributed by atoms with Crippen LogP contribution in [0, 0.1) is 17.0 Å². The monoisotopic (exact) mass is 281 g/mol. The van der Waals surface area contributed by atoms with Gasteiger partial charge in [0.2, 0.25) is 0 Å². The highest BCUT2D eigenvalue weighted by molar-refractivity contribution is 7.99. The Hall–Kier alpha value is -2.20. The topological polar surface area (TPSA) is 125 Å². The lowest BCUT2D eigenvalue weighted by Crippen LogP contribution is -2.09. The number of rotatable bonds is 4. The van der Waals surface area contributed by atoms with E-state index in [0.29, 0.717) is 10.2 Å². The smallest absolute Gasteiger partial charge is 0.275 e. The van der Waals surface area contributed by atoms with Crippen molar-refractivity contribution in [3.05, 3.63) is 28.1 Å². The van der Waals surface area contributed by atoms with Crippen molar-refractivity contribution in [2.75, 3.05) is 5.43 Å². The molecule has 0 bridgehead atoms. The second kappa shape index (κ2) is 5.20. The summed E-state index contributed by atoms with van der Waals surface area (Å²) in [4.78, 5) is 14.4. The average molecular weight is 281 g/mol. The van der Waals surface area contributed by atoms with Gasteiger partial charge in [-0.2, -0.15) is 0 Å². The van der Waals surface area contributed by atoms with Crippen LogP contribution in [0.1, 0.15) is 5.82 Å². The maximum Gasteiger partial charge on any atom is 0.275 e. The largest absolute Gasteiger partial charge is 0.309 e. The summed E-state index contributed by atoms with van der Waals surface area (Å²) in [6.45, 7) is 1.81. The maximum absolute atomic E-state index is 10.8. The average Bonchev–Trinajstić information content (AvgIpc) is 2.70. The van der Waals surface area contributed by atoms with Crippen LogP contribution in [0.5, 0.6) is 0 Å². The van der Waals surface area contributed by atoms with E-state index in [0.717, 1.165) is 5.82 Å². The van der Waals surface area contributed by atoms with E-state index in [2.05, 4.69) is 20.6 Å². The number of hydrazine groups is 1. The SMILES string of the molecule is Cc1nnc(Sc2cc([N+](=O)[O-])cc(NN)n2)n1C. The molecule has 9 nitrogen and oxygen atoms in total. The lowest BCUT2D eigenvalue weighted by Gasteiger charge is -2.04. The minimum atomic E-state index is -0.505. The Morgan fingerprint density at radius 1 is 1.47 bits per heavy atom. The number of nitrogen functional groups attached to an aromatic ring is 1. The third-order valence-corrected chi connectivity index (χ3v) is 3.35. The van der Waals surface area contributed by atoms with Gasteiger partial charge in [0.15, 0.2) is 5.16 Å². The standard InChI is InChI=1S/C9H11N7O2S/c1-5-13-14-9(15(5)2)19-8-4-6(16(17)18)3-7(11-8)12-10/h3-4H,10H2,1-2H3,(H,11,12). The molecule has 0 aliphatic heterocycles. The Bertz CT molecular complexity index is 627. The van der Waals surface area contributed by atoms with Gasteiger partial charge in [-0.3, -0.25) is 10.1 Å². The Balaban J connectivity index is 2.36. The van der Waals surface area contributed by atoms with Crippen LogP contribution in [-0.2, 0) is 7.05 Å². The Morgan fingerprint density at radius 3 is 2.74 bits per heavy atom. The predicted molar refractivity (Wildman–Crippen MR) is 68.6 cm³/mol. The Labute approximate surface area is 112 Å². The van der Waals surface area contributed by atoms with Crippen LogP contribution >= 0.6 is 11.8 Å². The molecule has 0 fully saturated rings. The number of aromatic nitrogens is 4. The lowest BCUT2D eigenvalue weighted by molar-refractivity contribution is -0.385. The molecule has 0 aliphatic carbocycles. The van der Waals surface area contributed by atoms with Gasteiger partial charge in [0, 0.05) is 13.1 Å². The van der Waals surface area contributed by atoms with Crippen LogP contribution in [0.25, 0.3) is 0 Å². The highest BCUT2D eigenvalue weighted by Crippen LogP contribution is 2.28. The molecule has 3 N–H and O–H groups in total. The molecule has 0 aromatic carbocycles. The number of nitrogens with zero attached hydrogens (tertiary/aromatic N) is 5. The zero-order chi connectivity index (χ0) is 14.0. The number of pyridine rings is 1. The van der Waals surface area contributed by atoms with Crippen LogP contribution in [-0.4, -0.2) is 24.7 Å². The van der Waals surface area contributed by atoms with Gasteiger partial charge in [-0.1, -0.05) is 0 Å². The number of aryl methyl sites for hydroxylation is 1. The van der Waals surface area contributed by atoms with Crippen LogP contribution in [0.15, 0.2) is 22.3 Å². The first-order valence-corrected chi connectivity index (χ1v) is 6.00. The molecular weight excluding hydrogens is 270 g/mol. The Morgan fingerprint density at radius 2 is 2.21 bits per heavy atom. The molecule has 0 atom stereocenters. The molecule has 2 aromatic heterocycles. The van der Waals surface area contributed by atoms with Gasteiger partial charge in [-0.15, -0.1) is 10.2 Å². The quantitative estimate of drug-likeness (QED) is 0.480. The Kier molecular flexibility index (Phi) is 3.62. The number of hydrogen-bond donors (Lipinski definition) is 2. The third kappa shape index (κ3) is 2.80. The molecule has 0 unspecified atom stereocenters. The number of nitro groups is 1. The van der Waals surface area contributed by atoms with E-state index in [1.165, 1.54) is 23.9 Å². The fourth-order valence-corrected chi connectivity index (χ4v) is 2.15. The van der Waals surface area contributed by atoms with E-state index in [4.69, 9.17) is 5.84 Å². The fraction of sp³-hybridized carbons (Fsp3) is 0.222. The normalized spacial score (nSPS) is 10.5. The number of anilines is 1. The van der Waals surface area contributed by atoms with Gasteiger partial charge in [0.05, 0.1) is 11.0 Å². The van der Waals surface area contributed by atoms with Crippen molar-refractivity contribution in [2.24, 2.45) is 12.9 Å². The molecule has 0 radical (unpaired) electrons. The number of nitrogens with two attached hydrogens (primary N) is 1.